The van der Waals surface area contributed by atoms with Gasteiger partial charge in [0.15, 0.2) is 5.66 Å². The number of methoxy groups -OCH3 is 1. The van der Waals surface area contributed by atoms with Crippen LogP contribution in [-0.2, 0) is 23.1 Å². The molecule has 0 bridgehead atoms. The van der Waals surface area contributed by atoms with Gasteiger partial charge in [-0.15, -0.1) is 0 Å². The first-order chi connectivity index (χ1) is 8.48. The molecule has 7 heteroatoms. The van der Waals surface area contributed by atoms with Crippen molar-refractivity contribution < 1.29 is 23.1 Å². The van der Waals surface area contributed by atoms with E-state index in [4.69, 9.17) is 20.6 Å². The highest BCUT2D eigenvalue weighted by atomic mass is 35.5. The van der Waals surface area contributed by atoms with Gasteiger partial charge in [0.1, 0.15) is 0 Å². The first-order valence-electron chi connectivity index (χ1n) is 5.03. The van der Waals surface area contributed by atoms with Gasteiger partial charge in [-0.2, -0.15) is 0 Å². The number of carbonyl (C=O) groups is 1. The zero-order valence-corrected chi connectivity index (χ0v) is 11.9. The van der Waals surface area contributed by atoms with Crippen LogP contribution < -0.4 is 0 Å². The molecular formula is C11H14ClO5P. The first kappa shape index (κ1) is 15.2. The van der Waals surface area contributed by atoms with E-state index in [1.807, 2.05) is 0 Å². The van der Waals surface area contributed by atoms with Gasteiger partial charge in [-0.1, -0.05) is 23.7 Å². The van der Waals surface area contributed by atoms with E-state index in [1.54, 1.807) is 24.3 Å². The molecule has 0 spiro atoms. The van der Waals surface area contributed by atoms with Gasteiger partial charge < -0.3 is 13.8 Å². The van der Waals surface area contributed by atoms with Crippen LogP contribution in [0.3, 0.4) is 0 Å². The maximum atomic E-state index is 12.4. The molecule has 0 aliphatic rings. The third kappa shape index (κ3) is 3.12. The Balaban J connectivity index is 3.25. The minimum Gasteiger partial charge on any atom is -0.468 e. The fourth-order valence-corrected chi connectivity index (χ4v) is 3.09. The molecule has 0 amide bonds. The summed E-state index contributed by atoms with van der Waals surface area (Å²) in [6.45, 7) is 0. The molecule has 18 heavy (non-hydrogen) atoms. The van der Waals surface area contributed by atoms with E-state index in [0.29, 0.717) is 10.6 Å². The van der Waals surface area contributed by atoms with Crippen molar-refractivity contribution in [2.75, 3.05) is 21.3 Å². The number of hydrogen-bond acceptors (Lipinski definition) is 5. The summed E-state index contributed by atoms with van der Waals surface area (Å²) in [5.41, 5.74) is -0.673. The van der Waals surface area contributed by atoms with Crippen LogP contribution >= 0.6 is 19.2 Å². The summed E-state index contributed by atoms with van der Waals surface area (Å²) in [6, 6.07) is 6.33. The number of esters is 1. The van der Waals surface area contributed by atoms with Crippen LogP contribution in [0.2, 0.25) is 5.02 Å². The van der Waals surface area contributed by atoms with Gasteiger partial charge in [0.25, 0.3) is 0 Å². The third-order valence-electron chi connectivity index (χ3n) is 2.44. The predicted octanol–water partition coefficient (Wildman–Crippen LogP) is 3.04. The van der Waals surface area contributed by atoms with E-state index in [9.17, 15) is 9.36 Å². The molecule has 0 heterocycles. The van der Waals surface area contributed by atoms with Crippen LogP contribution in [0.5, 0.6) is 0 Å². The Morgan fingerprint density at radius 3 is 2.06 bits per heavy atom. The molecule has 0 aliphatic carbocycles. The number of carbonyl (C=O) groups excluding carboxylic acids is 1. The molecule has 5 nitrogen and oxygen atoms in total. The highest BCUT2D eigenvalue weighted by Gasteiger charge is 2.42. The minimum absolute atomic E-state index is 0.457. The highest BCUT2D eigenvalue weighted by Crippen LogP contribution is 2.60. The Morgan fingerprint density at radius 1 is 1.17 bits per heavy atom. The van der Waals surface area contributed by atoms with Crippen LogP contribution in [0.4, 0.5) is 0 Å². The molecule has 0 saturated carbocycles. The van der Waals surface area contributed by atoms with Gasteiger partial charge in [0.2, 0.25) is 0 Å². The SMILES string of the molecule is COC(=O)C(c1ccc(Cl)cc1)P(=O)(OC)OC. The Bertz CT molecular complexity index is 451. The second kappa shape index (κ2) is 6.34. The number of ether oxygens (including phenoxy) is 1. The maximum Gasteiger partial charge on any atom is 0.348 e. The molecule has 0 radical (unpaired) electrons. The smallest absolute Gasteiger partial charge is 0.348 e. The lowest BCUT2D eigenvalue weighted by Crippen LogP contribution is -2.16. The molecule has 1 unspecified atom stereocenters. The molecule has 1 atom stereocenters. The molecule has 1 rings (SSSR count). The van der Waals surface area contributed by atoms with Crippen LogP contribution in [-0.4, -0.2) is 27.3 Å². The topological polar surface area (TPSA) is 61.8 Å². The Kier molecular flexibility index (Phi) is 5.35. The van der Waals surface area contributed by atoms with Crippen molar-refractivity contribution in [2.24, 2.45) is 0 Å². The summed E-state index contributed by atoms with van der Waals surface area (Å²) in [5, 5.41) is 0.507. The molecule has 0 saturated heterocycles. The molecule has 1 aromatic rings. The Morgan fingerprint density at radius 2 is 1.67 bits per heavy atom. The van der Waals surface area contributed by atoms with Crippen molar-refractivity contribution >= 4 is 25.2 Å². The molecule has 0 fully saturated rings. The molecule has 0 aromatic heterocycles. The normalized spacial score (nSPS) is 13.1. The fourth-order valence-electron chi connectivity index (χ4n) is 1.49. The van der Waals surface area contributed by atoms with Crippen LogP contribution in [0.15, 0.2) is 24.3 Å². The van der Waals surface area contributed by atoms with Crippen molar-refractivity contribution in [1.82, 2.24) is 0 Å². The predicted molar refractivity (Wildman–Crippen MR) is 67.8 cm³/mol. The Labute approximate surface area is 111 Å². The number of hydrogen-bond donors (Lipinski definition) is 0. The van der Waals surface area contributed by atoms with E-state index in [0.717, 1.165) is 0 Å². The molecule has 1 aromatic carbocycles. The first-order valence-corrected chi connectivity index (χ1v) is 7.02. The second-order valence-electron chi connectivity index (χ2n) is 3.38. The zero-order chi connectivity index (χ0) is 13.8. The average molecular weight is 293 g/mol. The number of halogens is 1. The Hall–Kier alpha value is -0.870. The van der Waals surface area contributed by atoms with Gasteiger partial charge in [-0.05, 0) is 17.7 Å². The maximum absolute atomic E-state index is 12.4. The van der Waals surface area contributed by atoms with Gasteiger partial charge in [-0.3, -0.25) is 9.36 Å². The van der Waals surface area contributed by atoms with Gasteiger partial charge in [0, 0.05) is 19.2 Å². The summed E-state index contributed by atoms with van der Waals surface area (Å²) < 4.78 is 26.7. The van der Waals surface area contributed by atoms with Gasteiger partial charge in [-0.25, -0.2) is 0 Å². The summed E-state index contributed by atoms with van der Waals surface area (Å²) in [7, 11) is 0.0274. The lowest BCUT2D eigenvalue weighted by Gasteiger charge is -2.22. The summed E-state index contributed by atoms with van der Waals surface area (Å²) in [4.78, 5) is 11.8. The summed E-state index contributed by atoms with van der Waals surface area (Å²) >= 11 is 5.76. The summed E-state index contributed by atoms with van der Waals surface area (Å²) in [6.07, 6.45) is 0. The van der Waals surface area contributed by atoms with E-state index >= 15 is 0 Å². The minimum atomic E-state index is -3.62. The lowest BCUT2D eigenvalue weighted by molar-refractivity contribution is -0.140. The van der Waals surface area contributed by atoms with Crippen LogP contribution in [0.1, 0.15) is 11.2 Å². The molecular weight excluding hydrogens is 279 g/mol. The largest absolute Gasteiger partial charge is 0.468 e. The average Bonchev–Trinajstić information content (AvgIpc) is 2.40. The standard InChI is InChI=1S/C11H14ClO5P/c1-15-11(13)10(18(14,16-2)17-3)8-4-6-9(12)7-5-8/h4-7,10H,1-3H3. The van der Waals surface area contributed by atoms with Gasteiger partial charge >= 0.3 is 13.6 Å². The van der Waals surface area contributed by atoms with Crippen molar-refractivity contribution in [3.8, 4) is 0 Å². The zero-order valence-electron chi connectivity index (χ0n) is 10.3. The second-order valence-corrected chi connectivity index (χ2v) is 6.15. The van der Waals surface area contributed by atoms with Crippen molar-refractivity contribution in [1.29, 1.82) is 0 Å². The van der Waals surface area contributed by atoms with Gasteiger partial charge in [0.05, 0.1) is 7.11 Å². The molecule has 0 N–H and O–H groups in total. The van der Waals surface area contributed by atoms with Crippen LogP contribution in [0.25, 0.3) is 0 Å². The van der Waals surface area contributed by atoms with E-state index in [1.165, 1.54) is 21.3 Å². The quantitative estimate of drug-likeness (QED) is 0.616. The number of rotatable bonds is 5. The fraction of sp³-hybridized carbons (Fsp3) is 0.364. The third-order valence-corrected chi connectivity index (χ3v) is 4.85. The van der Waals surface area contributed by atoms with E-state index in [-0.39, 0.29) is 0 Å². The molecule has 0 aliphatic heterocycles. The lowest BCUT2D eigenvalue weighted by atomic mass is 10.1. The van der Waals surface area contributed by atoms with Crippen molar-refractivity contribution in [3.63, 3.8) is 0 Å². The van der Waals surface area contributed by atoms with Crippen molar-refractivity contribution in [2.45, 2.75) is 5.66 Å². The van der Waals surface area contributed by atoms with Crippen molar-refractivity contribution in [3.05, 3.63) is 34.9 Å². The monoisotopic (exact) mass is 292 g/mol. The number of benzene rings is 1. The molecule has 100 valence electrons. The van der Waals surface area contributed by atoms with Crippen LogP contribution in [0, 0.1) is 0 Å². The van der Waals surface area contributed by atoms with E-state index in [2.05, 4.69) is 4.74 Å². The highest BCUT2D eigenvalue weighted by molar-refractivity contribution is 7.55. The summed E-state index contributed by atoms with van der Waals surface area (Å²) in [5.74, 6) is -0.690. The van der Waals surface area contributed by atoms with E-state index < -0.39 is 19.2 Å².